The van der Waals surface area contributed by atoms with Gasteiger partial charge in [0.15, 0.2) is 4.46 Å². The molecule has 2 rings (SSSR count). The maximum Gasteiger partial charge on any atom is 0.190 e. The van der Waals surface area contributed by atoms with Crippen molar-refractivity contribution >= 4 is 34.8 Å². The molecule has 0 atom stereocenters. The molecule has 0 aromatic rings. The molecule has 0 amide bonds. The number of alkyl halides is 3. The summed E-state index contributed by atoms with van der Waals surface area (Å²) in [6, 6.07) is 0. The van der Waals surface area contributed by atoms with Crippen LogP contribution in [0.1, 0.15) is 25.7 Å². The molecule has 0 saturated carbocycles. The van der Waals surface area contributed by atoms with E-state index in [9.17, 15) is 0 Å². The summed E-state index contributed by atoms with van der Waals surface area (Å²) in [6.07, 6.45) is 4.12. The molecule has 1 nitrogen and oxygen atoms in total. The van der Waals surface area contributed by atoms with Crippen LogP contribution in [0.2, 0.25) is 0 Å². The van der Waals surface area contributed by atoms with Crippen LogP contribution in [0.25, 0.3) is 0 Å². The third-order valence-corrected chi connectivity index (χ3v) is 4.98. The van der Waals surface area contributed by atoms with Crippen LogP contribution in [-0.2, 0) is 0 Å². The normalized spacial score (nSPS) is 45.8. The Labute approximate surface area is 88.0 Å². The van der Waals surface area contributed by atoms with Gasteiger partial charge in [-0.3, -0.25) is 4.90 Å². The number of fused-ring (bicyclic) bond motifs is 2. The lowest BCUT2D eigenvalue weighted by Gasteiger charge is -2.52. The number of halogens is 3. The van der Waals surface area contributed by atoms with Crippen LogP contribution in [0, 0.1) is 0 Å². The summed E-state index contributed by atoms with van der Waals surface area (Å²) in [5, 5.41) is 0. The van der Waals surface area contributed by atoms with Gasteiger partial charge in [-0.25, -0.2) is 0 Å². The van der Waals surface area contributed by atoms with Gasteiger partial charge in [0, 0.05) is 13.1 Å². The highest BCUT2D eigenvalue weighted by atomic mass is 35.5. The minimum Gasteiger partial charge on any atom is -0.271 e. The largest absolute Gasteiger partial charge is 0.271 e. The Kier molecular flexibility index (Phi) is 2.28. The van der Waals surface area contributed by atoms with Crippen molar-refractivity contribution < 1.29 is 0 Å². The maximum atomic E-state index is 6.39. The summed E-state index contributed by atoms with van der Waals surface area (Å²) in [5.74, 6) is 0. The molecular formula is C8H12Cl3N. The first-order valence-corrected chi connectivity index (χ1v) is 5.51. The Bertz CT molecular complexity index is 180. The molecule has 0 unspecified atom stereocenters. The van der Waals surface area contributed by atoms with Crippen molar-refractivity contribution in [1.29, 1.82) is 0 Å². The van der Waals surface area contributed by atoms with Gasteiger partial charge in [0.25, 0.3) is 0 Å². The quantitative estimate of drug-likeness (QED) is 0.455. The van der Waals surface area contributed by atoms with E-state index >= 15 is 0 Å². The summed E-state index contributed by atoms with van der Waals surface area (Å²) in [6.45, 7) is 1.98. The van der Waals surface area contributed by atoms with Crippen LogP contribution in [0.15, 0.2) is 0 Å². The first kappa shape index (κ1) is 9.39. The van der Waals surface area contributed by atoms with E-state index in [-0.39, 0.29) is 0 Å². The van der Waals surface area contributed by atoms with Crippen LogP contribution in [0.5, 0.6) is 0 Å². The van der Waals surface area contributed by atoms with E-state index in [0.717, 1.165) is 38.8 Å². The average Bonchev–Trinajstić information content (AvgIpc) is 1.93. The van der Waals surface area contributed by atoms with Gasteiger partial charge in [0.2, 0.25) is 0 Å². The SMILES string of the molecule is ClC12CCCN(CCC1)C2(Cl)Cl. The molecule has 2 aliphatic heterocycles. The average molecular weight is 229 g/mol. The van der Waals surface area contributed by atoms with Gasteiger partial charge in [-0.1, -0.05) is 23.2 Å². The predicted octanol–water partition coefficient (Wildman–Crippen LogP) is 2.99. The van der Waals surface area contributed by atoms with Crippen molar-refractivity contribution in [1.82, 2.24) is 4.90 Å². The highest BCUT2D eigenvalue weighted by Gasteiger charge is 2.55. The molecular weight excluding hydrogens is 216 g/mol. The number of piperidine rings is 2. The van der Waals surface area contributed by atoms with Crippen molar-refractivity contribution in [3.63, 3.8) is 0 Å². The van der Waals surface area contributed by atoms with Crippen molar-refractivity contribution in [2.24, 2.45) is 0 Å². The lowest BCUT2D eigenvalue weighted by Crippen LogP contribution is -2.61. The lowest BCUT2D eigenvalue weighted by molar-refractivity contribution is 0.0884. The molecule has 0 aromatic heterocycles. The molecule has 2 fully saturated rings. The zero-order chi connectivity index (χ0) is 8.82. The highest BCUT2D eigenvalue weighted by molar-refractivity contribution is 6.53. The van der Waals surface area contributed by atoms with Crippen LogP contribution >= 0.6 is 34.8 Å². The first-order valence-electron chi connectivity index (χ1n) is 4.38. The van der Waals surface area contributed by atoms with Gasteiger partial charge in [-0.05, 0) is 25.7 Å². The number of rotatable bonds is 0. The van der Waals surface area contributed by atoms with Crippen molar-refractivity contribution in [3.8, 4) is 0 Å². The number of hydrogen-bond donors (Lipinski definition) is 0. The second-order valence-electron chi connectivity index (χ2n) is 3.70. The molecule has 0 spiro atoms. The molecule has 4 heteroatoms. The highest BCUT2D eigenvalue weighted by Crippen LogP contribution is 2.53. The summed E-state index contributed by atoms with van der Waals surface area (Å²) in [4.78, 5) is 1.70. The molecule has 2 saturated heterocycles. The van der Waals surface area contributed by atoms with Crippen LogP contribution < -0.4 is 0 Å². The van der Waals surface area contributed by atoms with Gasteiger partial charge in [-0.15, -0.1) is 11.6 Å². The fourth-order valence-electron chi connectivity index (χ4n) is 2.20. The van der Waals surface area contributed by atoms with Gasteiger partial charge in [0.05, 0.1) is 4.87 Å². The van der Waals surface area contributed by atoms with Gasteiger partial charge >= 0.3 is 0 Å². The molecule has 0 radical (unpaired) electrons. The Morgan fingerprint density at radius 3 is 1.75 bits per heavy atom. The molecule has 70 valence electrons. The van der Waals surface area contributed by atoms with E-state index in [0.29, 0.717) is 0 Å². The second kappa shape index (κ2) is 2.91. The Morgan fingerprint density at radius 2 is 1.42 bits per heavy atom. The van der Waals surface area contributed by atoms with Crippen LogP contribution in [-0.4, -0.2) is 27.3 Å². The molecule has 0 N–H and O–H groups in total. The number of hydrogen-bond acceptors (Lipinski definition) is 1. The summed E-state index contributed by atoms with van der Waals surface area (Å²) < 4.78 is -0.828. The van der Waals surface area contributed by atoms with E-state index in [1.54, 1.807) is 0 Å². The maximum absolute atomic E-state index is 6.39. The summed E-state index contributed by atoms with van der Waals surface area (Å²) >= 11 is 18.9. The minimum atomic E-state index is -0.828. The summed E-state index contributed by atoms with van der Waals surface area (Å²) in [7, 11) is 0. The second-order valence-corrected chi connectivity index (χ2v) is 5.71. The van der Waals surface area contributed by atoms with Crippen molar-refractivity contribution in [2.45, 2.75) is 35.0 Å². The number of nitrogens with zero attached hydrogens (tertiary/aromatic N) is 1. The topological polar surface area (TPSA) is 3.24 Å². The third kappa shape index (κ3) is 1.18. The van der Waals surface area contributed by atoms with Crippen molar-refractivity contribution in [3.05, 3.63) is 0 Å². The van der Waals surface area contributed by atoms with Gasteiger partial charge < -0.3 is 0 Å². The Hall–Kier alpha value is 0.830. The van der Waals surface area contributed by atoms with E-state index in [1.807, 2.05) is 0 Å². The lowest BCUT2D eigenvalue weighted by atomic mass is 9.88. The predicted molar refractivity (Wildman–Crippen MR) is 53.1 cm³/mol. The Balaban J connectivity index is 2.29. The van der Waals surface area contributed by atoms with Crippen LogP contribution in [0.4, 0.5) is 0 Å². The van der Waals surface area contributed by atoms with E-state index < -0.39 is 9.33 Å². The molecule has 2 aliphatic rings. The fraction of sp³-hybridized carbons (Fsp3) is 1.00. The van der Waals surface area contributed by atoms with Crippen molar-refractivity contribution in [2.75, 3.05) is 13.1 Å². The molecule has 0 aromatic carbocycles. The van der Waals surface area contributed by atoms with Gasteiger partial charge in [-0.2, -0.15) is 0 Å². The minimum absolute atomic E-state index is 0.396. The third-order valence-electron chi connectivity index (χ3n) is 2.94. The zero-order valence-electron chi connectivity index (χ0n) is 6.82. The molecule has 2 heterocycles. The van der Waals surface area contributed by atoms with Gasteiger partial charge in [0.1, 0.15) is 0 Å². The monoisotopic (exact) mass is 227 g/mol. The summed E-state index contributed by atoms with van der Waals surface area (Å²) in [5.41, 5.74) is 0. The standard InChI is InChI=1S/C8H12Cl3N/c9-7-3-1-5-12(6-2-4-7)8(7,10)11/h1-6H2. The smallest absolute Gasteiger partial charge is 0.190 e. The Morgan fingerprint density at radius 1 is 0.917 bits per heavy atom. The zero-order valence-corrected chi connectivity index (χ0v) is 9.09. The van der Waals surface area contributed by atoms with Crippen LogP contribution in [0.3, 0.4) is 0 Å². The molecule has 0 aliphatic carbocycles. The molecule has 12 heavy (non-hydrogen) atoms. The van der Waals surface area contributed by atoms with E-state index in [2.05, 4.69) is 4.90 Å². The van der Waals surface area contributed by atoms with E-state index in [1.165, 1.54) is 0 Å². The fourth-order valence-corrected chi connectivity index (χ4v) is 3.30. The van der Waals surface area contributed by atoms with E-state index in [4.69, 9.17) is 34.8 Å². The molecule has 2 bridgehead atoms. The first-order chi connectivity index (χ1) is 5.56.